The first-order valence-electron chi connectivity index (χ1n) is 6.55. The van der Waals surface area contributed by atoms with Gasteiger partial charge in [0.1, 0.15) is 5.03 Å². The number of aryl methyl sites for hydroxylation is 1. The van der Waals surface area contributed by atoms with Crippen LogP contribution >= 0.6 is 11.8 Å². The highest BCUT2D eigenvalue weighted by molar-refractivity contribution is 7.99. The Morgan fingerprint density at radius 2 is 2.13 bits per heavy atom. The molecule has 0 fully saturated rings. The number of nitrogens with one attached hydrogen (secondary N) is 1. The van der Waals surface area contributed by atoms with Crippen molar-refractivity contribution < 1.29 is 13.2 Å². The summed E-state index contributed by atoms with van der Waals surface area (Å²) in [5.41, 5.74) is -0.739. The second-order valence-electron chi connectivity index (χ2n) is 4.50. The van der Waals surface area contributed by atoms with Crippen LogP contribution in [0.25, 0.3) is 11.3 Å². The number of fused-ring (bicyclic) bond motifs is 1. The molecule has 0 atom stereocenters. The Labute approximate surface area is 131 Å². The third-order valence-corrected chi connectivity index (χ3v) is 3.98. The summed E-state index contributed by atoms with van der Waals surface area (Å²) in [4.78, 5) is 25.8. The maximum Gasteiger partial charge on any atom is 0.434 e. The standard InChI is InChI=1S/C13H10F3N5OS/c1-2-21-11-10(20-12(21)22)19-8(6-18-11)23-7-4-3-5-17-9(7)13(14,15)16/h3-6H,2H2,1H3,(H,19,20,22). The van der Waals surface area contributed by atoms with E-state index in [1.807, 2.05) is 0 Å². The SMILES string of the molecule is CCn1c(=O)[nH]c2nc(Sc3cccnc3C(F)(F)F)cnc21. The van der Waals surface area contributed by atoms with E-state index in [2.05, 4.69) is 19.9 Å². The molecule has 0 amide bonds. The Morgan fingerprint density at radius 1 is 1.35 bits per heavy atom. The monoisotopic (exact) mass is 341 g/mol. The quantitative estimate of drug-likeness (QED) is 0.793. The van der Waals surface area contributed by atoms with Crippen molar-refractivity contribution in [3.8, 4) is 0 Å². The van der Waals surface area contributed by atoms with Gasteiger partial charge in [-0.15, -0.1) is 0 Å². The molecular weight excluding hydrogens is 331 g/mol. The minimum absolute atomic E-state index is 0.0779. The van der Waals surface area contributed by atoms with Crippen molar-refractivity contribution in [3.63, 3.8) is 0 Å². The fraction of sp³-hybridized carbons (Fsp3) is 0.231. The molecule has 0 aliphatic carbocycles. The largest absolute Gasteiger partial charge is 0.434 e. The molecular formula is C13H10F3N5OS. The van der Waals surface area contributed by atoms with Gasteiger partial charge in [0.25, 0.3) is 0 Å². The highest BCUT2D eigenvalue weighted by Crippen LogP contribution is 2.37. The van der Waals surface area contributed by atoms with E-state index in [0.717, 1.165) is 18.0 Å². The second-order valence-corrected chi connectivity index (χ2v) is 5.57. The van der Waals surface area contributed by atoms with Gasteiger partial charge in [-0.25, -0.2) is 14.8 Å². The summed E-state index contributed by atoms with van der Waals surface area (Å²) >= 11 is 0.791. The van der Waals surface area contributed by atoms with Crippen LogP contribution in [0.2, 0.25) is 0 Å². The predicted octanol–water partition coefficient (Wildman–Crippen LogP) is 2.70. The Hall–Kier alpha value is -2.36. The molecule has 0 aromatic carbocycles. The topological polar surface area (TPSA) is 76.5 Å². The van der Waals surface area contributed by atoms with E-state index in [0.29, 0.717) is 12.2 Å². The number of imidazole rings is 1. The van der Waals surface area contributed by atoms with E-state index in [1.165, 1.54) is 22.9 Å². The Balaban J connectivity index is 2.02. The summed E-state index contributed by atoms with van der Waals surface area (Å²) in [6, 6.07) is 2.73. The van der Waals surface area contributed by atoms with Crippen LogP contribution in [0.5, 0.6) is 0 Å². The summed E-state index contributed by atoms with van der Waals surface area (Å²) < 4.78 is 40.2. The van der Waals surface area contributed by atoms with E-state index < -0.39 is 11.9 Å². The van der Waals surface area contributed by atoms with Crippen molar-refractivity contribution in [1.29, 1.82) is 0 Å². The molecule has 3 heterocycles. The van der Waals surface area contributed by atoms with Crippen molar-refractivity contribution in [1.82, 2.24) is 24.5 Å². The number of rotatable bonds is 3. The predicted molar refractivity (Wildman–Crippen MR) is 77.2 cm³/mol. The molecule has 0 unspecified atom stereocenters. The van der Waals surface area contributed by atoms with Crippen molar-refractivity contribution in [2.75, 3.05) is 0 Å². The number of pyridine rings is 1. The van der Waals surface area contributed by atoms with Crippen LogP contribution in [-0.2, 0) is 12.7 Å². The summed E-state index contributed by atoms with van der Waals surface area (Å²) in [6.45, 7) is 2.20. The van der Waals surface area contributed by atoms with Gasteiger partial charge in [0.15, 0.2) is 17.0 Å². The fourth-order valence-corrected chi connectivity index (χ4v) is 2.93. The number of hydrogen-bond donors (Lipinski definition) is 1. The first-order valence-corrected chi connectivity index (χ1v) is 7.37. The van der Waals surface area contributed by atoms with Gasteiger partial charge in [-0.2, -0.15) is 13.2 Å². The van der Waals surface area contributed by atoms with Gasteiger partial charge in [-0.3, -0.25) is 14.5 Å². The van der Waals surface area contributed by atoms with Crippen molar-refractivity contribution in [2.45, 2.75) is 29.6 Å². The smallest absolute Gasteiger partial charge is 0.289 e. The molecule has 0 aliphatic rings. The van der Waals surface area contributed by atoms with E-state index in [4.69, 9.17) is 0 Å². The van der Waals surface area contributed by atoms with Gasteiger partial charge in [-0.1, -0.05) is 11.8 Å². The third-order valence-electron chi connectivity index (χ3n) is 3.03. The lowest BCUT2D eigenvalue weighted by atomic mass is 10.3. The van der Waals surface area contributed by atoms with Gasteiger partial charge in [0.2, 0.25) is 0 Å². The van der Waals surface area contributed by atoms with Crippen LogP contribution in [-0.4, -0.2) is 24.5 Å². The Morgan fingerprint density at radius 3 is 2.83 bits per heavy atom. The first-order chi connectivity index (χ1) is 10.9. The van der Waals surface area contributed by atoms with Crippen LogP contribution in [0.3, 0.4) is 0 Å². The highest BCUT2D eigenvalue weighted by atomic mass is 32.2. The molecule has 3 aromatic rings. The maximum atomic E-state index is 12.9. The highest BCUT2D eigenvalue weighted by Gasteiger charge is 2.35. The number of aromatic amines is 1. The van der Waals surface area contributed by atoms with Crippen molar-refractivity contribution in [3.05, 3.63) is 40.7 Å². The summed E-state index contributed by atoms with van der Waals surface area (Å²) in [7, 11) is 0. The molecule has 23 heavy (non-hydrogen) atoms. The number of H-pyrrole nitrogens is 1. The minimum Gasteiger partial charge on any atom is -0.289 e. The first kappa shape index (κ1) is 15.5. The van der Waals surface area contributed by atoms with E-state index in [-0.39, 0.29) is 21.3 Å². The zero-order chi connectivity index (χ0) is 16.6. The Bertz CT molecular complexity index is 918. The van der Waals surface area contributed by atoms with Crippen LogP contribution in [0.15, 0.2) is 39.2 Å². The summed E-state index contributed by atoms with van der Waals surface area (Å²) in [6.07, 6.45) is -2.14. The number of hydrogen-bond acceptors (Lipinski definition) is 5. The van der Waals surface area contributed by atoms with E-state index >= 15 is 0 Å². The molecule has 0 radical (unpaired) electrons. The van der Waals surface area contributed by atoms with Crippen molar-refractivity contribution >= 4 is 23.1 Å². The second kappa shape index (κ2) is 5.69. The molecule has 0 spiro atoms. The van der Waals surface area contributed by atoms with Gasteiger partial charge in [0, 0.05) is 17.6 Å². The number of halogens is 3. The normalized spacial score (nSPS) is 12.0. The zero-order valence-electron chi connectivity index (χ0n) is 11.8. The molecule has 1 N–H and O–H groups in total. The van der Waals surface area contributed by atoms with Crippen molar-refractivity contribution in [2.24, 2.45) is 0 Å². The molecule has 0 aliphatic heterocycles. The van der Waals surface area contributed by atoms with Crippen LogP contribution in [0.4, 0.5) is 13.2 Å². The van der Waals surface area contributed by atoms with E-state index in [1.54, 1.807) is 6.92 Å². The lowest BCUT2D eigenvalue weighted by molar-refractivity contribution is -0.143. The summed E-state index contributed by atoms with van der Waals surface area (Å²) in [5.74, 6) is 0. The number of alkyl halides is 3. The fourth-order valence-electron chi connectivity index (χ4n) is 2.05. The lowest BCUT2D eigenvalue weighted by Crippen LogP contribution is -2.15. The molecule has 120 valence electrons. The van der Waals surface area contributed by atoms with Gasteiger partial charge in [-0.05, 0) is 19.1 Å². The molecule has 0 saturated carbocycles. The van der Waals surface area contributed by atoms with Gasteiger partial charge in [0.05, 0.1) is 6.20 Å². The lowest BCUT2D eigenvalue weighted by Gasteiger charge is -2.10. The number of nitrogens with zero attached hydrogens (tertiary/aromatic N) is 4. The molecule has 3 rings (SSSR count). The molecule has 10 heteroatoms. The van der Waals surface area contributed by atoms with Crippen LogP contribution in [0, 0.1) is 0 Å². The molecule has 3 aromatic heterocycles. The third kappa shape index (κ3) is 2.93. The van der Waals surface area contributed by atoms with Crippen LogP contribution in [0.1, 0.15) is 12.6 Å². The molecule has 0 saturated heterocycles. The van der Waals surface area contributed by atoms with Crippen LogP contribution < -0.4 is 5.69 Å². The number of aromatic nitrogens is 5. The molecule has 0 bridgehead atoms. The average Bonchev–Trinajstić information content (AvgIpc) is 2.81. The van der Waals surface area contributed by atoms with E-state index in [9.17, 15) is 18.0 Å². The maximum absolute atomic E-state index is 12.9. The van der Waals surface area contributed by atoms with Gasteiger partial charge >= 0.3 is 11.9 Å². The summed E-state index contributed by atoms with van der Waals surface area (Å²) in [5, 5.41) is 0.237. The van der Waals surface area contributed by atoms with Gasteiger partial charge < -0.3 is 0 Å². The minimum atomic E-state index is -4.55. The molecule has 6 nitrogen and oxygen atoms in total. The zero-order valence-corrected chi connectivity index (χ0v) is 12.6. The Kier molecular flexibility index (Phi) is 3.84. The average molecular weight is 341 g/mol.